The van der Waals surface area contributed by atoms with Gasteiger partial charge in [-0.1, -0.05) is 0 Å². The summed E-state index contributed by atoms with van der Waals surface area (Å²) in [6.45, 7) is 2.28. The first-order valence-electron chi connectivity index (χ1n) is 7.21. The van der Waals surface area contributed by atoms with Gasteiger partial charge < -0.3 is 16.0 Å². The van der Waals surface area contributed by atoms with Crippen molar-refractivity contribution in [3.05, 3.63) is 10.6 Å². The SMILES string of the molecule is CC1=C(C2CC2NC2CCC(N)CC2)N(C)CS1. The highest BCUT2D eigenvalue weighted by molar-refractivity contribution is 8.03. The Morgan fingerprint density at radius 3 is 2.61 bits per heavy atom. The third-order valence-corrected chi connectivity index (χ3v) is 5.77. The predicted octanol–water partition coefficient (Wildman–Crippen LogP) is 2.10. The summed E-state index contributed by atoms with van der Waals surface area (Å²) in [5.74, 6) is 1.92. The van der Waals surface area contributed by atoms with Gasteiger partial charge in [-0.05, 0) is 39.0 Å². The maximum atomic E-state index is 5.96. The molecule has 2 saturated carbocycles. The Balaban J connectivity index is 1.51. The molecule has 2 unspecified atom stereocenters. The Morgan fingerprint density at radius 1 is 1.28 bits per heavy atom. The number of nitrogens with one attached hydrogen (secondary N) is 1. The molecular formula is C14H25N3S. The molecule has 0 saturated heterocycles. The molecule has 0 radical (unpaired) electrons. The van der Waals surface area contributed by atoms with Crippen molar-refractivity contribution in [1.82, 2.24) is 10.2 Å². The van der Waals surface area contributed by atoms with E-state index in [2.05, 4.69) is 24.2 Å². The Bertz CT molecular complexity index is 347. The Kier molecular flexibility index (Phi) is 3.61. The van der Waals surface area contributed by atoms with Crippen molar-refractivity contribution in [2.24, 2.45) is 11.7 Å². The van der Waals surface area contributed by atoms with E-state index in [-0.39, 0.29) is 0 Å². The zero-order valence-corrected chi connectivity index (χ0v) is 12.3. The zero-order valence-electron chi connectivity index (χ0n) is 11.5. The number of hydrogen-bond donors (Lipinski definition) is 2. The Hall–Kier alpha value is -0.190. The van der Waals surface area contributed by atoms with Gasteiger partial charge in [0.15, 0.2) is 0 Å². The first-order chi connectivity index (χ1) is 8.65. The van der Waals surface area contributed by atoms with E-state index in [1.165, 1.54) is 37.0 Å². The predicted molar refractivity (Wildman–Crippen MR) is 78.2 cm³/mol. The summed E-state index contributed by atoms with van der Waals surface area (Å²) in [5, 5.41) is 3.86. The van der Waals surface area contributed by atoms with Gasteiger partial charge in [-0.15, -0.1) is 11.8 Å². The number of nitrogens with zero attached hydrogens (tertiary/aromatic N) is 1. The molecular weight excluding hydrogens is 242 g/mol. The monoisotopic (exact) mass is 267 g/mol. The third kappa shape index (κ3) is 2.56. The normalized spacial score (nSPS) is 40.5. The highest BCUT2D eigenvalue weighted by atomic mass is 32.2. The highest BCUT2D eigenvalue weighted by Crippen LogP contribution is 2.46. The second-order valence-corrected chi connectivity index (χ2v) is 7.30. The minimum atomic E-state index is 0.459. The van der Waals surface area contributed by atoms with Crippen LogP contribution in [0.2, 0.25) is 0 Å². The fourth-order valence-electron chi connectivity index (χ4n) is 3.42. The second-order valence-electron chi connectivity index (χ2n) is 6.14. The van der Waals surface area contributed by atoms with E-state index >= 15 is 0 Å². The average molecular weight is 267 g/mol. The van der Waals surface area contributed by atoms with Gasteiger partial charge in [-0.2, -0.15) is 0 Å². The van der Waals surface area contributed by atoms with E-state index in [0.29, 0.717) is 6.04 Å². The van der Waals surface area contributed by atoms with Gasteiger partial charge in [0, 0.05) is 41.7 Å². The summed E-state index contributed by atoms with van der Waals surface area (Å²) in [6, 6.07) is 1.91. The Labute approximate surface area is 115 Å². The standard InChI is InChI=1S/C14H25N3S/c1-9-14(17(2)8-18-9)12-7-13(12)16-11-5-3-10(15)4-6-11/h10-13,16H,3-8,15H2,1-2H3. The smallest absolute Gasteiger partial charge is 0.0677 e. The summed E-state index contributed by atoms with van der Waals surface area (Å²) in [7, 11) is 2.23. The molecule has 0 aromatic rings. The molecule has 0 aromatic heterocycles. The van der Waals surface area contributed by atoms with Crippen molar-refractivity contribution in [3.8, 4) is 0 Å². The van der Waals surface area contributed by atoms with Crippen LogP contribution in [0.25, 0.3) is 0 Å². The van der Waals surface area contributed by atoms with Gasteiger partial charge in [0.2, 0.25) is 0 Å². The lowest BCUT2D eigenvalue weighted by atomic mass is 9.92. The van der Waals surface area contributed by atoms with Crippen molar-refractivity contribution in [2.75, 3.05) is 12.9 Å². The lowest BCUT2D eigenvalue weighted by molar-refractivity contribution is 0.335. The first kappa shape index (κ1) is 12.8. The highest BCUT2D eigenvalue weighted by Gasteiger charge is 2.44. The van der Waals surface area contributed by atoms with Crippen LogP contribution in [-0.2, 0) is 0 Å². The molecule has 2 atom stereocenters. The largest absolute Gasteiger partial charge is 0.367 e. The minimum Gasteiger partial charge on any atom is -0.367 e. The number of thioether (sulfide) groups is 1. The molecule has 3 N–H and O–H groups in total. The third-order valence-electron chi connectivity index (χ3n) is 4.61. The minimum absolute atomic E-state index is 0.459. The number of nitrogens with two attached hydrogens (primary N) is 1. The molecule has 1 aliphatic heterocycles. The van der Waals surface area contributed by atoms with Crippen LogP contribution in [0, 0.1) is 5.92 Å². The molecule has 2 aliphatic carbocycles. The molecule has 0 aromatic carbocycles. The molecule has 3 aliphatic rings. The summed E-state index contributed by atoms with van der Waals surface area (Å²) in [6.07, 6.45) is 6.28. The van der Waals surface area contributed by atoms with Crippen molar-refractivity contribution in [2.45, 2.75) is 57.2 Å². The molecule has 0 spiro atoms. The van der Waals surface area contributed by atoms with Crippen LogP contribution in [0.3, 0.4) is 0 Å². The van der Waals surface area contributed by atoms with Crippen LogP contribution in [0.15, 0.2) is 10.6 Å². The molecule has 102 valence electrons. The van der Waals surface area contributed by atoms with Gasteiger partial charge in [0.05, 0.1) is 5.88 Å². The van der Waals surface area contributed by atoms with E-state index < -0.39 is 0 Å². The van der Waals surface area contributed by atoms with Gasteiger partial charge in [0.25, 0.3) is 0 Å². The van der Waals surface area contributed by atoms with Crippen LogP contribution in [0.4, 0.5) is 0 Å². The average Bonchev–Trinajstić information content (AvgIpc) is 3.01. The lowest BCUT2D eigenvalue weighted by Gasteiger charge is -2.27. The van der Waals surface area contributed by atoms with Crippen LogP contribution in [0.1, 0.15) is 39.0 Å². The summed E-state index contributed by atoms with van der Waals surface area (Å²) >= 11 is 1.99. The molecule has 3 nitrogen and oxygen atoms in total. The lowest BCUT2D eigenvalue weighted by Crippen LogP contribution is -2.39. The Morgan fingerprint density at radius 2 is 2.00 bits per heavy atom. The molecule has 4 heteroatoms. The molecule has 0 bridgehead atoms. The van der Waals surface area contributed by atoms with Crippen LogP contribution in [0.5, 0.6) is 0 Å². The topological polar surface area (TPSA) is 41.3 Å². The second kappa shape index (κ2) is 5.06. The number of allylic oxidation sites excluding steroid dienone is 1. The summed E-state index contributed by atoms with van der Waals surface area (Å²) in [5.41, 5.74) is 7.56. The van der Waals surface area contributed by atoms with E-state index in [4.69, 9.17) is 5.73 Å². The number of hydrogen-bond acceptors (Lipinski definition) is 4. The first-order valence-corrected chi connectivity index (χ1v) is 8.20. The number of rotatable bonds is 3. The van der Waals surface area contributed by atoms with Gasteiger partial charge in [0.1, 0.15) is 0 Å². The molecule has 1 heterocycles. The van der Waals surface area contributed by atoms with Crippen molar-refractivity contribution in [3.63, 3.8) is 0 Å². The fourth-order valence-corrected chi connectivity index (χ4v) is 4.40. The van der Waals surface area contributed by atoms with Gasteiger partial charge in [-0.25, -0.2) is 0 Å². The van der Waals surface area contributed by atoms with Gasteiger partial charge >= 0.3 is 0 Å². The fraction of sp³-hybridized carbons (Fsp3) is 0.857. The van der Waals surface area contributed by atoms with Crippen molar-refractivity contribution in [1.29, 1.82) is 0 Å². The van der Waals surface area contributed by atoms with E-state index in [1.807, 2.05) is 11.8 Å². The molecule has 18 heavy (non-hydrogen) atoms. The van der Waals surface area contributed by atoms with Crippen LogP contribution >= 0.6 is 11.8 Å². The maximum Gasteiger partial charge on any atom is 0.0677 e. The maximum absolute atomic E-state index is 5.96. The van der Waals surface area contributed by atoms with E-state index in [0.717, 1.165) is 23.9 Å². The van der Waals surface area contributed by atoms with E-state index in [1.54, 1.807) is 5.70 Å². The molecule has 0 amide bonds. The van der Waals surface area contributed by atoms with E-state index in [9.17, 15) is 0 Å². The quantitative estimate of drug-likeness (QED) is 0.822. The summed E-state index contributed by atoms with van der Waals surface area (Å²) in [4.78, 5) is 3.97. The molecule has 2 fully saturated rings. The van der Waals surface area contributed by atoms with Crippen molar-refractivity contribution < 1.29 is 0 Å². The summed E-state index contributed by atoms with van der Waals surface area (Å²) < 4.78 is 0. The molecule has 3 rings (SSSR count). The van der Waals surface area contributed by atoms with Crippen LogP contribution in [-0.4, -0.2) is 35.9 Å². The van der Waals surface area contributed by atoms with Gasteiger partial charge in [-0.3, -0.25) is 0 Å². The van der Waals surface area contributed by atoms with Crippen LogP contribution < -0.4 is 11.1 Å². The van der Waals surface area contributed by atoms with Crippen molar-refractivity contribution >= 4 is 11.8 Å². The zero-order chi connectivity index (χ0) is 12.7.